The zero-order valence-corrected chi connectivity index (χ0v) is 12.5. The van der Waals surface area contributed by atoms with Crippen molar-refractivity contribution in [2.45, 2.75) is 54.1 Å². The second kappa shape index (κ2) is 4.69. The van der Waals surface area contributed by atoms with Crippen molar-refractivity contribution in [2.24, 2.45) is 16.7 Å². The lowest BCUT2D eigenvalue weighted by Crippen LogP contribution is -2.17. The molecule has 0 spiro atoms. The lowest BCUT2D eigenvalue weighted by atomic mass is 10.0. The van der Waals surface area contributed by atoms with Gasteiger partial charge in [-0.05, 0) is 29.7 Å². The van der Waals surface area contributed by atoms with Crippen LogP contribution in [0.1, 0.15) is 46.7 Å². The fourth-order valence-electron chi connectivity index (χ4n) is 3.04. The summed E-state index contributed by atoms with van der Waals surface area (Å²) in [5, 5.41) is 3.45. The molecule has 0 atom stereocenters. The Morgan fingerprint density at radius 3 is 2.50 bits per heavy atom. The summed E-state index contributed by atoms with van der Waals surface area (Å²) in [6.45, 7) is 14.8. The molecule has 1 saturated carbocycles. The number of nitrogens with zero attached hydrogens (tertiary/aromatic N) is 2. The van der Waals surface area contributed by atoms with Crippen LogP contribution in [0.5, 0.6) is 0 Å². The minimum absolute atomic E-state index is 0.450. The zero-order valence-electron chi connectivity index (χ0n) is 12.5. The van der Waals surface area contributed by atoms with Crippen LogP contribution in [-0.4, -0.2) is 16.1 Å². The van der Waals surface area contributed by atoms with Gasteiger partial charge in [0.15, 0.2) is 0 Å². The van der Waals surface area contributed by atoms with Gasteiger partial charge in [-0.2, -0.15) is 0 Å². The SMILES string of the molecule is CCCNCc1cncn1CC1C(C)(C)C1(C)C. The Kier molecular flexibility index (Phi) is 3.54. The molecule has 2 rings (SSSR count). The summed E-state index contributed by atoms with van der Waals surface area (Å²) < 4.78 is 2.32. The third-order valence-corrected chi connectivity index (χ3v) is 5.23. The molecular weight excluding hydrogens is 222 g/mol. The van der Waals surface area contributed by atoms with Crippen LogP contribution in [0.4, 0.5) is 0 Å². The lowest BCUT2D eigenvalue weighted by Gasteiger charge is -2.10. The number of aromatic nitrogens is 2. The first-order chi connectivity index (χ1) is 8.41. The van der Waals surface area contributed by atoms with Crippen LogP contribution in [0.25, 0.3) is 0 Å². The molecule has 1 aliphatic carbocycles. The molecule has 3 heteroatoms. The summed E-state index contributed by atoms with van der Waals surface area (Å²) in [6, 6.07) is 0. The third-order valence-electron chi connectivity index (χ3n) is 5.23. The Balaban J connectivity index is 1.97. The molecule has 0 unspecified atom stereocenters. The van der Waals surface area contributed by atoms with Gasteiger partial charge in [-0.3, -0.25) is 0 Å². The maximum atomic E-state index is 4.30. The first-order valence-electron chi connectivity index (χ1n) is 7.11. The average molecular weight is 249 g/mol. The number of imidazole rings is 1. The molecule has 1 aromatic heterocycles. The molecule has 0 bridgehead atoms. The molecule has 1 heterocycles. The van der Waals surface area contributed by atoms with Crippen LogP contribution < -0.4 is 5.32 Å². The van der Waals surface area contributed by atoms with E-state index < -0.39 is 0 Å². The van der Waals surface area contributed by atoms with E-state index in [9.17, 15) is 0 Å². The van der Waals surface area contributed by atoms with Crippen molar-refractivity contribution < 1.29 is 0 Å². The molecule has 0 aliphatic heterocycles. The predicted molar refractivity (Wildman–Crippen MR) is 75.3 cm³/mol. The van der Waals surface area contributed by atoms with Gasteiger partial charge in [-0.25, -0.2) is 4.98 Å². The standard InChI is InChI=1S/C15H27N3/c1-6-7-16-8-12-9-17-11-18(12)10-13-14(2,3)15(13,4)5/h9,11,13,16H,6-8,10H2,1-5H3. The van der Waals surface area contributed by atoms with Crippen LogP contribution in [0.2, 0.25) is 0 Å². The van der Waals surface area contributed by atoms with Gasteiger partial charge in [0.25, 0.3) is 0 Å². The van der Waals surface area contributed by atoms with E-state index in [0.29, 0.717) is 10.8 Å². The Morgan fingerprint density at radius 2 is 1.94 bits per heavy atom. The number of hydrogen-bond donors (Lipinski definition) is 1. The van der Waals surface area contributed by atoms with E-state index in [4.69, 9.17) is 0 Å². The highest BCUT2D eigenvalue weighted by atomic mass is 15.1. The molecule has 0 amide bonds. The van der Waals surface area contributed by atoms with Crippen LogP contribution in [0.15, 0.2) is 12.5 Å². The number of hydrogen-bond acceptors (Lipinski definition) is 2. The van der Waals surface area contributed by atoms with E-state index in [2.05, 4.69) is 49.5 Å². The summed E-state index contributed by atoms with van der Waals surface area (Å²) in [5.41, 5.74) is 2.21. The number of rotatable bonds is 6. The smallest absolute Gasteiger partial charge is 0.0948 e. The molecule has 102 valence electrons. The van der Waals surface area contributed by atoms with E-state index in [1.807, 2.05) is 12.5 Å². The normalized spacial score (nSPS) is 21.2. The van der Waals surface area contributed by atoms with Crippen molar-refractivity contribution in [3.8, 4) is 0 Å². The zero-order chi connectivity index (χ0) is 13.4. The van der Waals surface area contributed by atoms with Crippen molar-refractivity contribution in [3.05, 3.63) is 18.2 Å². The minimum atomic E-state index is 0.450. The van der Waals surface area contributed by atoms with Crippen molar-refractivity contribution in [2.75, 3.05) is 6.54 Å². The fraction of sp³-hybridized carbons (Fsp3) is 0.800. The van der Waals surface area contributed by atoms with E-state index in [1.165, 1.54) is 12.1 Å². The van der Waals surface area contributed by atoms with Gasteiger partial charge >= 0.3 is 0 Å². The third kappa shape index (κ3) is 2.20. The van der Waals surface area contributed by atoms with Crippen molar-refractivity contribution in [1.29, 1.82) is 0 Å². The van der Waals surface area contributed by atoms with E-state index in [0.717, 1.165) is 25.6 Å². The molecule has 1 N–H and O–H groups in total. The van der Waals surface area contributed by atoms with Crippen LogP contribution >= 0.6 is 0 Å². The van der Waals surface area contributed by atoms with Crippen molar-refractivity contribution in [1.82, 2.24) is 14.9 Å². The first kappa shape index (κ1) is 13.6. The Morgan fingerprint density at radius 1 is 1.28 bits per heavy atom. The second-order valence-corrected chi connectivity index (χ2v) is 6.71. The fourth-order valence-corrected chi connectivity index (χ4v) is 3.04. The van der Waals surface area contributed by atoms with Gasteiger partial charge in [0.05, 0.1) is 12.0 Å². The monoisotopic (exact) mass is 249 g/mol. The van der Waals surface area contributed by atoms with Crippen molar-refractivity contribution in [3.63, 3.8) is 0 Å². The molecule has 0 saturated heterocycles. The van der Waals surface area contributed by atoms with Crippen LogP contribution in [-0.2, 0) is 13.1 Å². The highest BCUT2D eigenvalue weighted by molar-refractivity contribution is 5.13. The quantitative estimate of drug-likeness (QED) is 0.785. The van der Waals surface area contributed by atoms with E-state index in [-0.39, 0.29) is 0 Å². The summed E-state index contributed by atoms with van der Waals surface area (Å²) in [4.78, 5) is 4.30. The highest BCUT2D eigenvalue weighted by Crippen LogP contribution is 2.68. The Labute approximate surface area is 111 Å². The largest absolute Gasteiger partial charge is 0.333 e. The Hall–Kier alpha value is -0.830. The molecule has 1 fully saturated rings. The molecule has 18 heavy (non-hydrogen) atoms. The summed E-state index contributed by atoms with van der Waals surface area (Å²) >= 11 is 0. The molecular formula is C15H27N3. The van der Waals surface area contributed by atoms with Crippen LogP contribution in [0.3, 0.4) is 0 Å². The molecule has 1 aromatic rings. The molecule has 3 nitrogen and oxygen atoms in total. The highest BCUT2D eigenvalue weighted by Gasteiger charge is 2.64. The summed E-state index contributed by atoms with van der Waals surface area (Å²) in [5.74, 6) is 0.754. The maximum Gasteiger partial charge on any atom is 0.0948 e. The average Bonchev–Trinajstić information content (AvgIpc) is 2.68. The van der Waals surface area contributed by atoms with E-state index in [1.54, 1.807) is 0 Å². The van der Waals surface area contributed by atoms with Gasteiger partial charge in [0.2, 0.25) is 0 Å². The van der Waals surface area contributed by atoms with Crippen molar-refractivity contribution >= 4 is 0 Å². The first-order valence-corrected chi connectivity index (χ1v) is 7.11. The number of nitrogens with one attached hydrogen (secondary N) is 1. The van der Waals surface area contributed by atoms with E-state index >= 15 is 0 Å². The Bertz CT molecular complexity index is 390. The lowest BCUT2D eigenvalue weighted by molar-refractivity contribution is 0.457. The summed E-state index contributed by atoms with van der Waals surface area (Å²) in [6.07, 6.45) is 5.15. The van der Waals surface area contributed by atoms with Crippen LogP contribution in [0, 0.1) is 16.7 Å². The minimum Gasteiger partial charge on any atom is -0.333 e. The maximum absolute atomic E-state index is 4.30. The topological polar surface area (TPSA) is 29.9 Å². The molecule has 0 radical (unpaired) electrons. The second-order valence-electron chi connectivity index (χ2n) is 6.71. The molecule has 0 aromatic carbocycles. The van der Waals surface area contributed by atoms with Gasteiger partial charge in [0.1, 0.15) is 0 Å². The van der Waals surface area contributed by atoms with Gasteiger partial charge < -0.3 is 9.88 Å². The van der Waals surface area contributed by atoms with Gasteiger partial charge in [-0.1, -0.05) is 34.6 Å². The predicted octanol–water partition coefficient (Wildman–Crippen LogP) is 3.06. The molecule has 1 aliphatic rings. The van der Waals surface area contributed by atoms with Gasteiger partial charge in [0, 0.05) is 19.3 Å². The van der Waals surface area contributed by atoms with Gasteiger partial charge in [-0.15, -0.1) is 0 Å². The summed E-state index contributed by atoms with van der Waals surface area (Å²) in [7, 11) is 0.